The van der Waals surface area contributed by atoms with E-state index in [-0.39, 0.29) is 16.9 Å². The van der Waals surface area contributed by atoms with Crippen molar-refractivity contribution >= 4 is 17.3 Å². The van der Waals surface area contributed by atoms with Gasteiger partial charge in [0.05, 0.1) is 4.92 Å². The zero-order valence-corrected chi connectivity index (χ0v) is 11.0. The molecule has 2 N–H and O–H groups in total. The zero-order chi connectivity index (χ0) is 15.6. The Balaban J connectivity index is 2.26. The topological polar surface area (TPSA) is 92.5 Å². The van der Waals surface area contributed by atoms with Crippen molar-refractivity contribution < 1.29 is 19.2 Å². The van der Waals surface area contributed by atoms with Crippen LogP contribution in [-0.4, -0.2) is 15.9 Å². The third kappa shape index (κ3) is 3.14. The fourth-order valence-corrected chi connectivity index (χ4v) is 1.74. The third-order valence-electron chi connectivity index (χ3n) is 2.87. The Morgan fingerprint density at radius 3 is 2.62 bits per heavy atom. The molecule has 7 heteroatoms. The first-order valence-electron chi connectivity index (χ1n) is 5.93. The average Bonchev–Trinajstić information content (AvgIpc) is 2.43. The lowest BCUT2D eigenvalue weighted by molar-refractivity contribution is -0.385. The van der Waals surface area contributed by atoms with E-state index in [0.29, 0.717) is 5.56 Å². The quantitative estimate of drug-likeness (QED) is 0.516. The van der Waals surface area contributed by atoms with E-state index >= 15 is 0 Å². The number of nitro groups is 1. The van der Waals surface area contributed by atoms with Gasteiger partial charge in [-0.1, -0.05) is 6.07 Å². The first-order chi connectivity index (χ1) is 9.88. The smallest absolute Gasteiger partial charge is 0.273 e. The monoisotopic (exact) mass is 290 g/mol. The second-order valence-corrected chi connectivity index (χ2v) is 4.38. The van der Waals surface area contributed by atoms with Gasteiger partial charge < -0.3 is 10.4 Å². The van der Waals surface area contributed by atoms with Crippen LogP contribution >= 0.6 is 0 Å². The molecule has 0 saturated carbocycles. The summed E-state index contributed by atoms with van der Waals surface area (Å²) < 4.78 is 13.2. The predicted molar refractivity (Wildman–Crippen MR) is 73.9 cm³/mol. The normalized spacial score (nSPS) is 10.2. The van der Waals surface area contributed by atoms with Gasteiger partial charge in [-0.3, -0.25) is 14.9 Å². The number of nitrogens with zero attached hydrogens (tertiary/aromatic N) is 1. The third-order valence-corrected chi connectivity index (χ3v) is 2.87. The summed E-state index contributed by atoms with van der Waals surface area (Å²) in [4.78, 5) is 22.2. The van der Waals surface area contributed by atoms with E-state index in [4.69, 9.17) is 5.11 Å². The van der Waals surface area contributed by atoms with Crippen LogP contribution in [0.2, 0.25) is 0 Å². The Kier molecular flexibility index (Phi) is 3.84. The number of halogens is 1. The molecule has 1 amide bonds. The number of amides is 1. The molecule has 0 saturated heterocycles. The van der Waals surface area contributed by atoms with E-state index in [1.165, 1.54) is 18.2 Å². The maximum atomic E-state index is 13.2. The van der Waals surface area contributed by atoms with Crippen molar-refractivity contribution in [2.24, 2.45) is 0 Å². The highest BCUT2D eigenvalue weighted by molar-refractivity contribution is 6.04. The summed E-state index contributed by atoms with van der Waals surface area (Å²) in [5.74, 6) is -2.01. The zero-order valence-electron chi connectivity index (χ0n) is 11.0. The molecule has 0 aliphatic carbocycles. The molecular weight excluding hydrogens is 279 g/mol. The minimum absolute atomic E-state index is 0.0841. The van der Waals surface area contributed by atoms with Crippen LogP contribution in [0.3, 0.4) is 0 Å². The van der Waals surface area contributed by atoms with Crippen molar-refractivity contribution in [2.45, 2.75) is 6.92 Å². The summed E-state index contributed by atoms with van der Waals surface area (Å²) in [6.07, 6.45) is 0. The van der Waals surface area contributed by atoms with Gasteiger partial charge in [-0.05, 0) is 25.1 Å². The molecule has 6 nitrogen and oxygen atoms in total. The van der Waals surface area contributed by atoms with Crippen molar-refractivity contribution in [3.8, 4) is 5.75 Å². The lowest BCUT2D eigenvalue weighted by Crippen LogP contribution is -2.12. The number of aromatic hydroxyl groups is 1. The molecule has 2 aromatic carbocycles. The van der Waals surface area contributed by atoms with Crippen molar-refractivity contribution in [3.05, 3.63) is 63.5 Å². The van der Waals surface area contributed by atoms with Gasteiger partial charge in [0.2, 0.25) is 0 Å². The molecule has 21 heavy (non-hydrogen) atoms. The summed E-state index contributed by atoms with van der Waals surface area (Å²) in [6.45, 7) is 1.56. The van der Waals surface area contributed by atoms with Crippen molar-refractivity contribution in [2.75, 3.05) is 5.32 Å². The first-order valence-corrected chi connectivity index (χ1v) is 5.93. The Bertz CT molecular complexity index is 731. The number of aryl methyl sites for hydroxylation is 1. The number of carbonyl (C=O) groups excluding carboxylic acids is 1. The minimum atomic E-state index is -0.873. The molecule has 0 aromatic heterocycles. The number of carbonyl (C=O) groups is 1. The Hall–Kier alpha value is -2.96. The van der Waals surface area contributed by atoms with Gasteiger partial charge in [0, 0.05) is 28.9 Å². The van der Waals surface area contributed by atoms with Gasteiger partial charge in [0.25, 0.3) is 11.6 Å². The van der Waals surface area contributed by atoms with E-state index in [1.807, 2.05) is 0 Å². The number of rotatable bonds is 3. The molecule has 0 radical (unpaired) electrons. The van der Waals surface area contributed by atoms with Crippen molar-refractivity contribution in [3.63, 3.8) is 0 Å². The maximum absolute atomic E-state index is 13.2. The van der Waals surface area contributed by atoms with Gasteiger partial charge in [-0.2, -0.15) is 0 Å². The number of nitro benzene ring substituents is 1. The van der Waals surface area contributed by atoms with E-state index < -0.39 is 22.4 Å². The van der Waals surface area contributed by atoms with Crippen LogP contribution < -0.4 is 5.32 Å². The summed E-state index contributed by atoms with van der Waals surface area (Å²) in [5, 5.41) is 22.3. The van der Waals surface area contributed by atoms with Crippen LogP contribution in [0, 0.1) is 22.9 Å². The van der Waals surface area contributed by atoms with Crippen LogP contribution in [0.5, 0.6) is 5.75 Å². The number of nitrogens with one attached hydrogen (secondary N) is 1. The molecule has 0 heterocycles. The number of hydrogen-bond donors (Lipinski definition) is 2. The Morgan fingerprint density at radius 2 is 2.00 bits per heavy atom. The van der Waals surface area contributed by atoms with Crippen LogP contribution in [0.1, 0.15) is 15.9 Å². The van der Waals surface area contributed by atoms with Crippen LogP contribution in [0.25, 0.3) is 0 Å². The molecule has 0 spiro atoms. The molecule has 2 rings (SSSR count). The highest BCUT2D eigenvalue weighted by atomic mass is 19.1. The lowest BCUT2D eigenvalue weighted by Gasteiger charge is -2.06. The predicted octanol–water partition coefficient (Wildman–Crippen LogP) is 3.00. The molecule has 0 unspecified atom stereocenters. The standard InChI is InChI=1S/C14H11FN2O4/c1-8-2-3-9(6-12(8)17(20)21)14(19)16-10-4-5-13(18)11(15)7-10/h2-7,18H,1H3,(H,16,19). The van der Waals surface area contributed by atoms with E-state index in [2.05, 4.69) is 5.32 Å². The van der Waals surface area contributed by atoms with Crippen LogP contribution in [0.15, 0.2) is 36.4 Å². The minimum Gasteiger partial charge on any atom is -0.505 e. The molecule has 0 bridgehead atoms. The summed E-state index contributed by atoms with van der Waals surface area (Å²) in [5.41, 5.74) is 0.492. The highest BCUT2D eigenvalue weighted by Gasteiger charge is 2.15. The van der Waals surface area contributed by atoms with E-state index in [9.17, 15) is 19.3 Å². The first kappa shape index (κ1) is 14.4. The number of phenolic OH excluding ortho intramolecular Hbond substituents is 1. The molecule has 0 aliphatic rings. The lowest BCUT2D eigenvalue weighted by atomic mass is 10.1. The Labute approximate surface area is 119 Å². The number of anilines is 1. The van der Waals surface area contributed by atoms with E-state index in [0.717, 1.165) is 18.2 Å². The van der Waals surface area contributed by atoms with Crippen molar-refractivity contribution in [1.82, 2.24) is 0 Å². The fraction of sp³-hybridized carbons (Fsp3) is 0.0714. The van der Waals surface area contributed by atoms with Gasteiger partial charge in [-0.25, -0.2) is 4.39 Å². The van der Waals surface area contributed by atoms with Crippen molar-refractivity contribution in [1.29, 1.82) is 0 Å². The molecule has 0 aliphatic heterocycles. The molecule has 2 aromatic rings. The van der Waals surface area contributed by atoms with Gasteiger partial charge in [0.15, 0.2) is 11.6 Å². The number of benzene rings is 2. The fourth-order valence-electron chi connectivity index (χ4n) is 1.74. The molecule has 0 fully saturated rings. The Morgan fingerprint density at radius 1 is 1.29 bits per heavy atom. The molecular formula is C14H11FN2O4. The second-order valence-electron chi connectivity index (χ2n) is 4.38. The summed E-state index contributed by atoms with van der Waals surface area (Å²) in [7, 11) is 0. The van der Waals surface area contributed by atoms with Gasteiger partial charge >= 0.3 is 0 Å². The largest absolute Gasteiger partial charge is 0.505 e. The average molecular weight is 290 g/mol. The molecule has 108 valence electrons. The van der Waals surface area contributed by atoms with Gasteiger partial charge in [-0.15, -0.1) is 0 Å². The number of phenols is 1. The second kappa shape index (κ2) is 5.58. The van der Waals surface area contributed by atoms with Crippen LogP contribution in [-0.2, 0) is 0 Å². The maximum Gasteiger partial charge on any atom is 0.273 e. The van der Waals surface area contributed by atoms with Gasteiger partial charge in [0.1, 0.15) is 0 Å². The number of hydrogen-bond acceptors (Lipinski definition) is 4. The van der Waals surface area contributed by atoms with Crippen LogP contribution in [0.4, 0.5) is 15.8 Å². The summed E-state index contributed by atoms with van der Waals surface area (Å²) in [6, 6.07) is 7.43. The molecule has 0 atom stereocenters. The highest BCUT2D eigenvalue weighted by Crippen LogP contribution is 2.22. The summed E-state index contributed by atoms with van der Waals surface area (Å²) >= 11 is 0. The van der Waals surface area contributed by atoms with E-state index in [1.54, 1.807) is 6.92 Å². The SMILES string of the molecule is Cc1ccc(C(=O)Nc2ccc(O)c(F)c2)cc1[N+](=O)[O-].